The van der Waals surface area contributed by atoms with Crippen molar-refractivity contribution in [2.24, 2.45) is 0 Å². The molecule has 0 atom stereocenters. The molecular formula is C20H12F2N2O3S2. The fourth-order valence-electron chi connectivity index (χ4n) is 3.02. The summed E-state index contributed by atoms with van der Waals surface area (Å²) in [7, 11) is 0. The number of carbonyl (C=O) groups is 2. The van der Waals surface area contributed by atoms with E-state index in [-0.39, 0.29) is 39.3 Å². The Morgan fingerprint density at radius 1 is 1.10 bits per heavy atom. The van der Waals surface area contributed by atoms with E-state index in [9.17, 15) is 23.5 Å². The molecule has 0 spiro atoms. The average molecular weight is 430 g/mol. The summed E-state index contributed by atoms with van der Waals surface area (Å²) in [6.07, 6.45) is -0.175. The van der Waals surface area contributed by atoms with Crippen molar-refractivity contribution in [1.82, 2.24) is 9.59 Å². The van der Waals surface area contributed by atoms with Gasteiger partial charge in [-0.15, -0.1) is 16.4 Å². The topological polar surface area (TPSA) is 80.2 Å². The molecule has 5 nitrogen and oxygen atoms in total. The van der Waals surface area contributed by atoms with Crippen molar-refractivity contribution in [3.8, 4) is 11.1 Å². The van der Waals surface area contributed by atoms with Crippen LogP contribution >= 0.6 is 22.9 Å². The minimum Gasteiger partial charge on any atom is -0.478 e. The molecule has 4 rings (SSSR count). The summed E-state index contributed by atoms with van der Waals surface area (Å²) in [5, 5.41) is 15.0. The summed E-state index contributed by atoms with van der Waals surface area (Å²) in [4.78, 5) is 24.8. The normalized spacial score (nSPS) is 11.1. The maximum atomic E-state index is 14.4. The van der Waals surface area contributed by atoms with Gasteiger partial charge in [-0.25, -0.2) is 13.6 Å². The summed E-state index contributed by atoms with van der Waals surface area (Å²) in [6.45, 7) is 1.42. The predicted octanol–water partition coefficient (Wildman–Crippen LogP) is 5.13. The molecule has 0 saturated heterocycles. The highest BCUT2D eigenvalue weighted by molar-refractivity contribution is 7.13. The van der Waals surface area contributed by atoms with Crippen LogP contribution in [0.3, 0.4) is 0 Å². The summed E-state index contributed by atoms with van der Waals surface area (Å²) < 4.78 is 33.0. The molecule has 4 aromatic rings. The molecule has 9 heteroatoms. The lowest BCUT2D eigenvalue weighted by molar-refractivity contribution is 0.0697. The van der Waals surface area contributed by atoms with Crippen molar-refractivity contribution in [2.45, 2.75) is 13.3 Å². The third-order valence-electron chi connectivity index (χ3n) is 4.54. The zero-order valence-corrected chi connectivity index (χ0v) is 16.5. The highest BCUT2D eigenvalue weighted by Gasteiger charge is 2.25. The van der Waals surface area contributed by atoms with E-state index in [1.807, 2.05) is 0 Å². The van der Waals surface area contributed by atoms with Crippen molar-refractivity contribution in [2.75, 3.05) is 0 Å². The smallest absolute Gasteiger partial charge is 0.337 e. The molecule has 146 valence electrons. The minimum atomic E-state index is -1.30. The van der Waals surface area contributed by atoms with E-state index in [1.54, 1.807) is 18.2 Å². The largest absolute Gasteiger partial charge is 0.478 e. The van der Waals surface area contributed by atoms with Crippen molar-refractivity contribution in [3.05, 3.63) is 68.9 Å². The van der Waals surface area contributed by atoms with Gasteiger partial charge >= 0.3 is 5.97 Å². The Kier molecular flexibility index (Phi) is 4.93. The summed E-state index contributed by atoms with van der Waals surface area (Å²) >= 11 is 2.24. The summed E-state index contributed by atoms with van der Waals surface area (Å²) in [5.74, 6) is -3.73. The highest BCUT2D eigenvalue weighted by Crippen LogP contribution is 2.35. The molecule has 0 aliphatic heterocycles. The first kappa shape index (κ1) is 19.3. The fourth-order valence-corrected chi connectivity index (χ4v) is 4.59. The number of halogens is 2. The van der Waals surface area contributed by atoms with E-state index in [0.29, 0.717) is 11.1 Å². The number of ketones is 1. The first-order chi connectivity index (χ1) is 13.9. The lowest BCUT2D eigenvalue weighted by atomic mass is 9.98. The number of thiophene rings is 1. The Bertz CT molecular complexity index is 1280. The molecule has 2 heterocycles. The number of carbonyl (C=O) groups excluding carboxylic acids is 1. The van der Waals surface area contributed by atoms with Gasteiger partial charge in [0, 0.05) is 28.0 Å². The van der Waals surface area contributed by atoms with E-state index < -0.39 is 17.6 Å². The Labute approximate surface area is 171 Å². The van der Waals surface area contributed by atoms with Crippen LogP contribution in [0.5, 0.6) is 0 Å². The van der Waals surface area contributed by atoms with Crippen LogP contribution in [0.15, 0.2) is 35.7 Å². The molecule has 0 fully saturated rings. The number of benzene rings is 2. The summed E-state index contributed by atoms with van der Waals surface area (Å²) in [5.41, 5.74) is 0.811. The lowest BCUT2D eigenvalue weighted by Gasteiger charge is -2.07. The molecule has 0 amide bonds. The van der Waals surface area contributed by atoms with Gasteiger partial charge in [0.1, 0.15) is 5.52 Å². The molecule has 0 bridgehead atoms. The third kappa shape index (κ3) is 3.43. The Balaban J connectivity index is 1.72. The second-order valence-electron chi connectivity index (χ2n) is 6.37. The van der Waals surface area contributed by atoms with Gasteiger partial charge in [0.25, 0.3) is 0 Å². The Morgan fingerprint density at radius 3 is 2.66 bits per heavy atom. The molecule has 1 N–H and O–H groups in total. The average Bonchev–Trinajstić information content (AvgIpc) is 3.32. The molecule has 0 radical (unpaired) electrons. The molecule has 0 saturated carbocycles. The minimum absolute atomic E-state index is 0.0563. The molecule has 0 aliphatic carbocycles. The molecule has 29 heavy (non-hydrogen) atoms. The molecule has 0 unspecified atom stereocenters. The monoisotopic (exact) mass is 430 g/mol. The van der Waals surface area contributed by atoms with Gasteiger partial charge in [-0.3, -0.25) is 4.79 Å². The number of nitrogens with zero attached hydrogens (tertiary/aromatic N) is 2. The van der Waals surface area contributed by atoms with Crippen molar-refractivity contribution in [3.63, 3.8) is 0 Å². The van der Waals surface area contributed by atoms with Crippen molar-refractivity contribution in [1.29, 1.82) is 0 Å². The number of rotatable bonds is 5. The van der Waals surface area contributed by atoms with Gasteiger partial charge in [0.05, 0.1) is 10.3 Å². The number of aromatic carboxylic acids is 1. The number of fused-ring (bicyclic) bond motifs is 1. The predicted molar refractivity (Wildman–Crippen MR) is 107 cm³/mol. The zero-order chi connectivity index (χ0) is 20.7. The van der Waals surface area contributed by atoms with Crippen LogP contribution in [-0.2, 0) is 6.42 Å². The number of hydrogen-bond donors (Lipinski definition) is 1. The van der Waals surface area contributed by atoms with Crippen molar-refractivity contribution >= 4 is 44.8 Å². The summed E-state index contributed by atoms with van der Waals surface area (Å²) in [6, 6.07) is 7.70. The van der Waals surface area contributed by atoms with Gasteiger partial charge in [0.15, 0.2) is 17.4 Å². The number of aromatic nitrogens is 2. The maximum absolute atomic E-state index is 14.4. The molecular weight excluding hydrogens is 418 g/mol. The number of aryl methyl sites for hydroxylation is 1. The number of hydrogen-bond acceptors (Lipinski definition) is 6. The van der Waals surface area contributed by atoms with Gasteiger partial charge in [-0.05, 0) is 47.6 Å². The van der Waals surface area contributed by atoms with Gasteiger partial charge in [-0.2, -0.15) is 0 Å². The SMILES string of the molecule is Cc1ccc(-c2csc(CC(=O)c3ccc4snnc4c3)c2C(=O)O)c(F)c1F. The van der Waals surface area contributed by atoms with Crippen LogP contribution in [0.2, 0.25) is 0 Å². The Morgan fingerprint density at radius 2 is 1.90 bits per heavy atom. The lowest BCUT2D eigenvalue weighted by Crippen LogP contribution is -2.08. The van der Waals surface area contributed by atoms with Crippen LogP contribution in [-0.4, -0.2) is 26.4 Å². The number of carboxylic acid groups (broad SMARTS) is 1. The molecule has 2 aromatic heterocycles. The van der Waals surface area contributed by atoms with E-state index >= 15 is 0 Å². The second kappa shape index (κ2) is 7.41. The van der Waals surface area contributed by atoms with Crippen molar-refractivity contribution < 1.29 is 23.5 Å². The zero-order valence-electron chi connectivity index (χ0n) is 14.9. The van der Waals surface area contributed by atoms with Crippen LogP contribution in [0.1, 0.15) is 31.2 Å². The highest BCUT2D eigenvalue weighted by atomic mass is 32.1. The van der Waals surface area contributed by atoms with Gasteiger partial charge in [-0.1, -0.05) is 16.6 Å². The van der Waals surface area contributed by atoms with Crippen LogP contribution in [0.25, 0.3) is 21.3 Å². The van der Waals surface area contributed by atoms with E-state index in [2.05, 4.69) is 9.59 Å². The van der Waals surface area contributed by atoms with Crippen LogP contribution in [0.4, 0.5) is 8.78 Å². The molecule has 2 aromatic carbocycles. The number of carboxylic acids is 1. The number of Topliss-reactive ketones (excluding diaryl/α,β-unsaturated/α-hetero) is 1. The van der Waals surface area contributed by atoms with E-state index in [4.69, 9.17) is 0 Å². The van der Waals surface area contributed by atoms with Gasteiger partial charge in [0.2, 0.25) is 0 Å². The van der Waals surface area contributed by atoms with E-state index in [0.717, 1.165) is 16.0 Å². The maximum Gasteiger partial charge on any atom is 0.337 e. The van der Waals surface area contributed by atoms with Crippen LogP contribution < -0.4 is 0 Å². The standard InChI is InChI=1S/C20H12F2N2O3S2/c1-9-2-4-11(19(22)18(9)21)12-8-28-16(17(12)20(26)27)7-14(25)10-3-5-15-13(6-10)23-24-29-15/h2-6,8H,7H2,1H3,(H,26,27). The van der Waals surface area contributed by atoms with Gasteiger partial charge < -0.3 is 5.11 Å². The molecule has 0 aliphatic rings. The first-order valence-corrected chi connectivity index (χ1v) is 10.1. The first-order valence-electron chi connectivity index (χ1n) is 8.40. The Hall–Kier alpha value is -3.04. The fraction of sp³-hybridized carbons (Fsp3) is 0.100. The van der Waals surface area contributed by atoms with Crippen LogP contribution in [0, 0.1) is 18.6 Å². The third-order valence-corrected chi connectivity index (χ3v) is 6.23. The van der Waals surface area contributed by atoms with E-state index in [1.165, 1.54) is 36.0 Å². The quantitative estimate of drug-likeness (QED) is 0.444. The second-order valence-corrected chi connectivity index (χ2v) is 8.12.